The number of carboxylic acid groups (broad SMARTS) is 1. The second-order valence-electron chi connectivity index (χ2n) is 14.2. The second-order valence-corrected chi connectivity index (χ2v) is 15.4. The van der Waals surface area contributed by atoms with E-state index in [9.17, 15) is 14.7 Å². The number of pyridine rings is 1. The number of aryl methyl sites for hydroxylation is 1. The number of hydrogen-bond donors (Lipinski definition) is 1. The molecule has 3 aromatic rings. The molecule has 2 bridgehead atoms. The lowest BCUT2D eigenvalue weighted by molar-refractivity contribution is -0.141. The highest BCUT2D eigenvalue weighted by molar-refractivity contribution is 6.37. The van der Waals surface area contributed by atoms with Crippen LogP contribution in [-0.4, -0.2) is 82.9 Å². The molecule has 4 aliphatic rings. The van der Waals surface area contributed by atoms with Crippen molar-refractivity contribution >= 4 is 52.6 Å². The third-order valence-corrected chi connectivity index (χ3v) is 11.8. The van der Waals surface area contributed by atoms with Crippen molar-refractivity contribution in [1.29, 1.82) is 0 Å². The van der Waals surface area contributed by atoms with E-state index in [-0.39, 0.29) is 36.1 Å². The molecule has 1 saturated carbocycles. The molecule has 1 aromatic heterocycles. The molecule has 3 saturated heterocycles. The highest BCUT2D eigenvalue weighted by Gasteiger charge is 2.54. The summed E-state index contributed by atoms with van der Waals surface area (Å²) in [4.78, 5) is 37.9. The molecule has 1 aliphatic carbocycles. The molecule has 4 fully saturated rings. The van der Waals surface area contributed by atoms with Gasteiger partial charge >= 0.3 is 6.09 Å². The van der Waals surface area contributed by atoms with E-state index in [0.717, 1.165) is 66.7 Å². The number of carbonyl (C=O) groups is 2. The summed E-state index contributed by atoms with van der Waals surface area (Å²) in [5.41, 5.74) is 3.95. The first-order chi connectivity index (χ1) is 24.1. The van der Waals surface area contributed by atoms with Crippen LogP contribution in [0.25, 0.3) is 0 Å². The van der Waals surface area contributed by atoms with Crippen LogP contribution in [0.4, 0.5) is 10.6 Å². The van der Waals surface area contributed by atoms with Crippen molar-refractivity contribution in [3.05, 3.63) is 86.0 Å². The first-order valence-electron chi connectivity index (χ1n) is 17.5. The van der Waals surface area contributed by atoms with Crippen LogP contribution in [0.15, 0.2) is 48.7 Å². The molecule has 0 radical (unpaired) electrons. The van der Waals surface area contributed by atoms with Crippen molar-refractivity contribution in [2.24, 2.45) is 5.92 Å². The summed E-state index contributed by atoms with van der Waals surface area (Å²) in [5.74, 6) is 0.680. The average molecular weight is 742 g/mol. The normalized spacial score (nSPS) is 24.5. The molecule has 1 N–H and O–H groups in total. The van der Waals surface area contributed by atoms with Crippen LogP contribution in [0.3, 0.4) is 0 Å². The van der Waals surface area contributed by atoms with Gasteiger partial charge in [0.25, 0.3) is 0 Å². The van der Waals surface area contributed by atoms with E-state index < -0.39 is 12.0 Å². The molecule has 2 amide bonds. The Balaban J connectivity index is 1.11. The zero-order valence-electron chi connectivity index (χ0n) is 28.4. The topological polar surface area (TPSA) is 95.4 Å². The summed E-state index contributed by atoms with van der Waals surface area (Å²) in [6, 6.07) is 13.4. The van der Waals surface area contributed by atoms with Gasteiger partial charge in [0.2, 0.25) is 5.91 Å². The van der Waals surface area contributed by atoms with Crippen molar-refractivity contribution in [3.63, 3.8) is 0 Å². The van der Waals surface area contributed by atoms with Gasteiger partial charge in [0.1, 0.15) is 11.9 Å². The Morgan fingerprint density at radius 2 is 1.78 bits per heavy atom. The van der Waals surface area contributed by atoms with E-state index in [2.05, 4.69) is 17.0 Å². The molecule has 2 aromatic carbocycles. The van der Waals surface area contributed by atoms with Crippen LogP contribution < -0.4 is 9.64 Å². The van der Waals surface area contributed by atoms with Crippen molar-refractivity contribution < 1.29 is 24.2 Å². The zero-order chi connectivity index (χ0) is 35.1. The minimum atomic E-state index is -0.951. The first-order valence-corrected chi connectivity index (χ1v) is 18.7. The summed E-state index contributed by atoms with van der Waals surface area (Å²) in [7, 11) is 1.68. The van der Waals surface area contributed by atoms with Crippen LogP contribution in [-0.2, 0) is 22.5 Å². The molecule has 5 atom stereocenters. The highest BCUT2D eigenvalue weighted by Crippen LogP contribution is 2.49. The molecule has 9 nitrogen and oxygen atoms in total. The van der Waals surface area contributed by atoms with E-state index >= 15 is 0 Å². The minimum absolute atomic E-state index is 0.00417. The number of anilines is 1. The van der Waals surface area contributed by atoms with Gasteiger partial charge in [0.05, 0.1) is 29.1 Å². The number of fused-ring (bicyclic) bond motifs is 2. The van der Waals surface area contributed by atoms with E-state index in [0.29, 0.717) is 53.4 Å². The summed E-state index contributed by atoms with van der Waals surface area (Å²) in [6.45, 7) is 4.34. The monoisotopic (exact) mass is 740 g/mol. The summed E-state index contributed by atoms with van der Waals surface area (Å²) >= 11 is 19.6. The SMILES string of the molecule is COCCc1ccc(Cl)c(CN(C(=O)[C@@H]2[C@@H](c3ccc(N4CC[C@@H](Oc5c(Cl)cc(C)cc5Cl)C4)nc3)C[C@@H]3CC[C@H]2N3C(=O)O)C2CC2)c1. The third kappa shape index (κ3) is 7.25. The molecule has 4 heterocycles. The Labute approximate surface area is 308 Å². The standard InChI is InChI=1S/C38H43Cl3N4O5/c1-22-15-31(40)36(32(41)16-22)50-28-11-13-43(21-28)34-10-4-24(19-42-34)29-18-27-7-9-33(45(27)38(47)48)35(29)37(46)44(26-5-6-26)20-25-17-23(12-14-49-2)3-8-30(25)39/h3-4,8,10,15-17,19,26-29,33,35H,5-7,9,11-14,18,20-21H2,1-2H3,(H,47,48)/t27-,28+,29+,33+,35+/m0/s1. The third-order valence-electron chi connectivity index (χ3n) is 10.8. The van der Waals surface area contributed by atoms with Crippen LogP contribution in [0.2, 0.25) is 15.1 Å². The van der Waals surface area contributed by atoms with Gasteiger partial charge in [-0.15, -0.1) is 0 Å². The van der Waals surface area contributed by atoms with Crippen LogP contribution in [0.1, 0.15) is 66.7 Å². The van der Waals surface area contributed by atoms with Gasteiger partial charge in [-0.25, -0.2) is 9.78 Å². The average Bonchev–Trinajstić information content (AvgIpc) is 3.74. The second kappa shape index (κ2) is 14.8. The van der Waals surface area contributed by atoms with E-state index in [1.807, 2.05) is 48.4 Å². The fourth-order valence-corrected chi connectivity index (χ4v) is 9.12. The molecule has 7 rings (SSSR count). The number of benzene rings is 2. The van der Waals surface area contributed by atoms with Crippen molar-refractivity contribution in [3.8, 4) is 5.75 Å². The maximum atomic E-state index is 14.8. The molecule has 0 spiro atoms. The van der Waals surface area contributed by atoms with Gasteiger partial charge < -0.3 is 29.3 Å². The number of methoxy groups -OCH3 is 1. The molecule has 50 heavy (non-hydrogen) atoms. The molecule has 3 aliphatic heterocycles. The number of ether oxygens (including phenoxy) is 2. The van der Waals surface area contributed by atoms with Gasteiger partial charge in [0.15, 0.2) is 5.75 Å². The Morgan fingerprint density at radius 3 is 2.46 bits per heavy atom. The van der Waals surface area contributed by atoms with Crippen LogP contribution in [0, 0.1) is 12.8 Å². The molecular formula is C38H43Cl3N4O5. The Hall–Kier alpha value is -3.24. The highest BCUT2D eigenvalue weighted by atomic mass is 35.5. The van der Waals surface area contributed by atoms with Gasteiger partial charge in [-0.05, 0) is 92.0 Å². The number of rotatable bonds is 11. The number of aromatic nitrogens is 1. The summed E-state index contributed by atoms with van der Waals surface area (Å²) in [5, 5.41) is 11.9. The predicted molar refractivity (Wildman–Crippen MR) is 195 cm³/mol. The van der Waals surface area contributed by atoms with Crippen LogP contribution in [0.5, 0.6) is 5.75 Å². The van der Waals surface area contributed by atoms with E-state index in [1.165, 1.54) is 0 Å². The number of amides is 2. The maximum Gasteiger partial charge on any atom is 0.407 e. The lowest BCUT2D eigenvalue weighted by Gasteiger charge is -2.44. The molecular weight excluding hydrogens is 699 g/mol. The van der Waals surface area contributed by atoms with Crippen molar-refractivity contribution in [2.45, 2.75) is 88.6 Å². The molecule has 12 heteroatoms. The molecule has 0 unspecified atom stereocenters. The van der Waals surface area contributed by atoms with Gasteiger partial charge in [0, 0.05) is 61.9 Å². The van der Waals surface area contributed by atoms with E-state index in [1.54, 1.807) is 12.0 Å². The number of halogens is 3. The van der Waals surface area contributed by atoms with Crippen molar-refractivity contribution in [1.82, 2.24) is 14.8 Å². The van der Waals surface area contributed by atoms with Gasteiger partial charge in [-0.2, -0.15) is 0 Å². The van der Waals surface area contributed by atoms with Crippen LogP contribution >= 0.6 is 34.8 Å². The first kappa shape index (κ1) is 35.2. The minimum Gasteiger partial charge on any atom is -0.485 e. The quantitative estimate of drug-likeness (QED) is 0.213. The van der Waals surface area contributed by atoms with Gasteiger partial charge in [-0.1, -0.05) is 53.0 Å². The van der Waals surface area contributed by atoms with E-state index in [4.69, 9.17) is 49.3 Å². The van der Waals surface area contributed by atoms with Gasteiger partial charge in [-0.3, -0.25) is 4.79 Å². The Kier molecular flexibility index (Phi) is 10.4. The fraction of sp³-hybridized carbons (Fsp3) is 0.500. The molecule has 266 valence electrons. The fourth-order valence-electron chi connectivity index (χ4n) is 8.26. The lowest BCUT2D eigenvalue weighted by Crippen LogP contribution is -2.55. The summed E-state index contributed by atoms with van der Waals surface area (Å²) < 4.78 is 11.5. The largest absolute Gasteiger partial charge is 0.485 e. The zero-order valence-corrected chi connectivity index (χ0v) is 30.6. The number of piperidine rings is 1. The number of hydrogen-bond acceptors (Lipinski definition) is 6. The lowest BCUT2D eigenvalue weighted by atomic mass is 9.75. The number of nitrogens with zero attached hydrogens (tertiary/aromatic N) is 4. The Bertz CT molecular complexity index is 1710. The predicted octanol–water partition coefficient (Wildman–Crippen LogP) is 8.00. The maximum absolute atomic E-state index is 14.8. The Morgan fingerprint density at radius 1 is 1.00 bits per heavy atom. The van der Waals surface area contributed by atoms with Crippen molar-refractivity contribution in [2.75, 3.05) is 31.7 Å². The smallest absolute Gasteiger partial charge is 0.407 e. The summed E-state index contributed by atoms with van der Waals surface area (Å²) in [6.07, 6.45) is 6.27. The number of carbonyl (C=O) groups excluding carboxylic acids is 1.